The van der Waals surface area contributed by atoms with E-state index < -0.39 is 0 Å². The minimum absolute atomic E-state index is 0.0336. The summed E-state index contributed by atoms with van der Waals surface area (Å²) in [5, 5.41) is 10.3. The fraction of sp³-hybridized carbons (Fsp3) is 0.550. The Morgan fingerprint density at radius 1 is 1.25 bits per heavy atom. The van der Waals surface area contributed by atoms with Gasteiger partial charge in [0.25, 0.3) is 0 Å². The maximum Gasteiger partial charge on any atom is 0.109 e. The first-order chi connectivity index (χ1) is 11.7. The minimum atomic E-state index is 0.0336. The second-order valence-corrected chi connectivity index (χ2v) is 7.58. The quantitative estimate of drug-likeness (QED) is 0.887. The first-order valence-corrected chi connectivity index (χ1v) is 9.08. The number of hydrogen-bond donors (Lipinski definition) is 1. The van der Waals surface area contributed by atoms with E-state index in [0.29, 0.717) is 18.7 Å². The molecule has 2 aliphatic heterocycles. The number of rotatable bonds is 6. The van der Waals surface area contributed by atoms with Gasteiger partial charge in [0.05, 0.1) is 6.61 Å². The summed E-state index contributed by atoms with van der Waals surface area (Å²) in [6.45, 7) is 1.35. The average Bonchev–Trinajstić information content (AvgIpc) is 3.27. The lowest BCUT2D eigenvalue weighted by atomic mass is 9.70. The Hall–Kier alpha value is -1.65. The molecular formula is C20H27N3O. The summed E-state index contributed by atoms with van der Waals surface area (Å²) < 4.78 is 2.11. The van der Waals surface area contributed by atoms with Crippen LogP contribution in [0.2, 0.25) is 0 Å². The molecule has 4 rings (SSSR count). The molecule has 0 saturated carbocycles. The number of imidazole rings is 1. The van der Waals surface area contributed by atoms with Crippen molar-refractivity contribution in [2.45, 2.75) is 44.2 Å². The number of benzene rings is 1. The van der Waals surface area contributed by atoms with Crippen LogP contribution in [0.3, 0.4) is 0 Å². The monoisotopic (exact) mass is 325 g/mol. The number of aliphatic hydroxyl groups excluding tert-OH is 1. The van der Waals surface area contributed by atoms with Crippen LogP contribution < -0.4 is 0 Å². The molecule has 1 aromatic carbocycles. The Morgan fingerprint density at radius 3 is 2.79 bits per heavy atom. The van der Waals surface area contributed by atoms with Crippen LogP contribution in [0, 0.1) is 5.41 Å². The van der Waals surface area contributed by atoms with Crippen molar-refractivity contribution in [2.75, 3.05) is 13.2 Å². The number of aliphatic hydroxyl groups is 1. The highest BCUT2D eigenvalue weighted by Gasteiger charge is 2.54. The molecule has 128 valence electrons. The second kappa shape index (κ2) is 6.34. The standard InChI is InChI=1S/C20H27N3O/c1-22-12-10-21-19(22)9-11-23-17-7-8-18(23)20(14-17,15-24)13-16-5-3-2-4-6-16/h2-6,10,12,17-18,24H,7-9,11,13-15H2,1H3/t17-,18+,20-/m1/s1. The SMILES string of the molecule is Cn1ccnc1CCN1[C@@H]2CC[C@H]1[C@](CO)(Cc1ccccc1)C2. The zero-order valence-corrected chi connectivity index (χ0v) is 14.4. The maximum absolute atomic E-state index is 10.3. The van der Waals surface area contributed by atoms with E-state index in [1.165, 1.54) is 18.4 Å². The summed E-state index contributed by atoms with van der Waals surface area (Å²) >= 11 is 0. The van der Waals surface area contributed by atoms with Gasteiger partial charge in [0.2, 0.25) is 0 Å². The van der Waals surface area contributed by atoms with Gasteiger partial charge in [-0.05, 0) is 31.2 Å². The summed E-state index contributed by atoms with van der Waals surface area (Å²) in [6, 6.07) is 11.8. The Bertz CT molecular complexity index is 683. The van der Waals surface area contributed by atoms with Gasteiger partial charge in [-0.2, -0.15) is 0 Å². The van der Waals surface area contributed by atoms with Gasteiger partial charge in [-0.15, -0.1) is 0 Å². The molecule has 0 unspecified atom stereocenters. The summed E-state index contributed by atoms with van der Waals surface area (Å²) in [5.74, 6) is 1.15. The summed E-state index contributed by atoms with van der Waals surface area (Å²) in [4.78, 5) is 7.12. The topological polar surface area (TPSA) is 41.3 Å². The molecule has 2 fully saturated rings. The van der Waals surface area contributed by atoms with Crippen molar-refractivity contribution < 1.29 is 5.11 Å². The van der Waals surface area contributed by atoms with Crippen molar-refractivity contribution >= 4 is 0 Å². The van der Waals surface area contributed by atoms with Gasteiger partial charge < -0.3 is 9.67 Å². The van der Waals surface area contributed by atoms with Crippen LogP contribution in [0.4, 0.5) is 0 Å². The van der Waals surface area contributed by atoms with Crippen LogP contribution in [-0.2, 0) is 19.9 Å². The van der Waals surface area contributed by atoms with E-state index in [1.54, 1.807) is 0 Å². The molecule has 2 aromatic rings. The molecule has 0 radical (unpaired) electrons. The molecule has 4 nitrogen and oxygen atoms in total. The van der Waals surface area contributed by atoms with Crippen LogP contribution in [0.5, 0.6) is 0 Å². The van der Waals surface area contributed by atoms with Gasteiger partial charge in [0.1, 0.15) is 5.82 Å². The van der Waals surface area contributed by atoms with E-state index in [4.69, 9.17) is 0 Å². The number of aromatic nitrogens is 2. The molecule has 24 heavy (non-hydrogen) atoms. The first kappa shape index (κ1) is 15.9. The first-order valence-electron chi connectivity index (χ1n) is 9.08. The number of hydrogen-bond acceptors (Lipinski definition) is 3. The van der Waals surface area contributed by atoms with E-state index in [-0.39, 0.29) is 5.41 Å². The predicted molar refractivity (Wildman–Crippen MR) is 94.7 cm³/mol. The number of fused-ring (bicyclic) bond motifs is 2. The van der Waals surface area contributed by atoms with Gasteiger partial charge in [0, 0.05) is 49.9 Å². The van der Waals surface area contributed by atoms with E-state index >= 15 is 0 Å². The largest absolute Gasteiger partial charge is 0.396 e. The smallest absolute Gasteiger partial charge is 0.109 e. The van der Waals surface area contributed by atoms with Crippen LogP contribution in [-0.4, -0.2) is 44.8 Å². The molecule has 2 bridgehead atoms. The Labute approximate surface area is 144 Å². The van der Waals surface area contributed by atoms with E-state index in [0.717, 1.165) is 31.6 Å². The third-order valence-corrected chi connectivity index (χ3v) is 6.22. The van der Waals surface area contributed by atoms with Crippen LogP contribution >= 0.6 is 0 Å². The highest BCUT2D eigenvalue weighted by atomic mass is 16.3. The highest BCUT2D eigenvalue weighted by Crippen LogP contribution is 2.51. The van der Waals surface area contributed by atoms with Crippen molar-refractivity contribution in [2.24, 2.45) is 12.5 Å². The van der Waals surface area contributed by atoms with Crippen molar-refractivity contribution in [3.8, 4) is 0 Å². The van der Waals surface area contributed by atoms with Crippen LogP contribution in [0.1, 0.15) is 30.7 Å². The predicted octanol–water partition coefficient (Wildman–Crippen LogP) is 2.42. The van der Waals surface area contributed by atoms with Crippen LogP contribution in [0.25, 0.3) is 0 Å². The van der Waals surface area contributed by atoms with Crippen molar-refractivity contribution in [3.63, 3.8) is 0 Å². The zero-order valence-electron chi connectivity index (χ0n) is 14.4. The molecule has 1 N–H and O–H groups in total. The van der Waals surface area contributed by atoms with Crippen molar-refractivity contribution in [3.05, 3.63) is 54.1 Å². The van der Waals surface area contributed by atoms with Gasteiger partial charge >= 0.3 is 0 Å². The number of aryl methyl sites for hydroxylation is 1. The summed E-state index contributed by atoms with van der Waals surface area (Å²) in [6.07, 6.45) is 9.50. The molecule has 3 atom stereocenters. The summed E-state index contributed by atoms with van der Waals surface area (Å²) in [7, 11) is 2.06. The Balaban J connectivity index is 1.49. The van der Waals surface area contributed by atoms with E-state index in [9.17, 15) is 5.11 Å². The molecule has 1 aromatic heterocycles. The molecule has 0 spiro atoms. The van der Waals surface area contributed by atoms with E-state index in [2.05, 4.69) is 51.8 Å². The lowest BCUT2D eigenvalue weighted by Gasteiger charge is -2.36. The Morgan fingerprint density at radius 2 is 2.08 bits per heavy atom. The molecule has 0 amide bonds. The van der Waals surface area contributed by atoms with Gasteiger partial charge in [0.15, 0.2) is 0 Å². The van der Waals surface area contributed by atoms with E-state index in [1.807, 2.05) is 12.4 Å². The molecule has 0 aliphatic carbocycles. The van der Waals surface area contributed by atoms with Gasteiger partial charge in [-0.3, -0.25) is 4.90 Å². The molecule has 3 heterocycles. The molecule has 4 heteroatoms. The van der Waals surface area contributed by atoms with Gasteiger partial charge in [-0.25, -0.2) is 4.98 Å². The highest BCUT2D eigenvalue weighted by molar-refractivity contribution is 5.20. The minimum Gasteiger partial charge on any atom is -0.396 e. The fourth-order valence-corrected chi connectivity index (χ4v) is 5.04. The van der Waals surface area contributed by atoms with Crippen LogP contribution in [0.15, 0.2) is 42.7 Å². The molecule has 2 saturated heterocycles. The zero-order chi connectivity index (χ0) is 16.6. The Kier molecular flexibility index (Phi) is 4.19. The number of nitrogens with zero attached hydrogens (tertiary/aromatic N) is 3. The molecular weight excluding hydrogens is 298 g/mol. The van der Waals surface area contributed by atoms with Crippen molar-refractivity contribution in [1.29, 1.82) is 0 Å². The third-order valence-electron chi connectivity index (χ3n) is 6.22. The third kappa shape index (κ3) is 2.68. The molecule has 2 aliphatic rings. The lowest BCUT2D eigenvalue weighted by Crippen LogP contribution is -2.42. The fourth-order valence-electron chi connectivity index (χ4n) is 5.04. The van der Waals surface area contributed by atoms with Crippen molar-refractivity contribution in [1.82, 2.24) is 14.5 Å². The maximum atomic E-state index is 10.3. The average molecular weight is 325 g/mol. The normalized spacial score (nSPS) is 29.4. The van der Waals surface area contributed by atoms with Gasteiger partial charge in [-0.1, -0.05) is 30.3 Å². The lowest BCUT2D eigenvalue weighted by molar-refractivity contribution is 0.0769. The summed E-state index contributed by atoms with van der Waals surface area (Å²) in [5.41, 5.74) is 1.38. The second-order valence-electron chi connectivity index (χ2n) is 7.58.